The Morgan fingerprint density at radius 1 is 1.41 bits per heavy atom. The number of amides is 1. The molecule has 0 bridgehead atoms. The third kappa shape index (κ3) is 2.14. The number of rotatable bonds is 3. The van der Waals surface area contributed by atoms with Gasteiger partial charge in [-0.25, -0.2) is 13.4 Å². The van der Waals surface area contributed by atoms with Crippen molar-refractivity contribution in [3.05, 3.63) is 24.3 Å². The van der Waals surface area contributed by atoms with Crippen molar-refractivity contribution in [3.8, 4) is 0 Å². The first-order valence-electron chi connectivity index (χ1n) is 4.83. The van der Waals surface area contributed by atoms with Gasteiger partial charge in [-0.05, 0) is 12.1 Å². The Hall–Kier alpha value is -1.89. The number of hydrogen-bond acceptors (Lipinski definition) is 4. The van der Waals surface area contributed by atoms with Crippen molar-refractivity contribution >= 4 is 26.8 Å². The van der Waals surface area contributed by atoms with Gasteiger partial charge in [0.15, 0.2) is 0 Å². The van der Waals surface area contributed by atoms with Gasteiger partial charge in [-0.3, -0.25) is 4.79 Å². The molecule has 0 saturated carbocycles. The predicted molar refractivity (Wildman–Crippen MR) is 62.0 cm³/mol. The van der Waals surface area contributed by atoms with Gasteiger partial charge in [-0.2, -0.15) is 0 Å². The molecule has 17 heavy (non-hydrogen) atoms. The lowest BCUT2D eigenvalue weighted by atomic mass is 10.3. The minimum absolute atomic E-state index is 0.141. The summed E-state index contributed by atoms with van der Waals surface area (Å²) in [4.78, 5) is 15.0. The summed E-state index contributed by atoms with van der Waals surface area (Å²) in [7, 11) is -3.50. The van der Waals surface area contributed by atoms with Crippen LogP contribution in [0, 0.1) is 0 Å². The molecule has 0 spiro atoms. The first-order chi connectivity index (χ1) is 7.89. The Morgan fingerprint density at radius 2 is 2.06 bits per heavy atom. The van der Waals surface area contributed by atoms with Crippen LogP contribution in [0.2, 0.25) is 0 Å². The number of nitrogens with two attached hydrogens (primary N) is 1. The molecule has 90 valence electrons. The number of carbonyl (C=O) groups excluding carboxylic acids is 1. The summed E-state index contributed by atoms with van der Waals surface area (Å²) in [5.41, 5.74) is 6.20. The van der Waals surface area contributed by atoms with Crippen molar-refractivity contribution in [3.63, 3.8) is 0 Å². The van der Waals surface area contributed by atoms with Gasteiger partial charge < -0.3 is 10.3 Å². The molecule has 7 heteroatoms. The molecule has 1 aromatic carbocycles. The standard InChI is InChI=1S/C10H11N3O3S/c1-17(15,16)10-12-7-4-2-3-5-8(7)13(10)6-9(11)14/h2-5H,6H2,1H3,(H2,11,14). The molecule has 0 fully saturated rings. The normalized spacial score (nSPS) is 11.8. The van der Waals surface area contributed by atoms with Crippen LogP contribution in [0.15, 0.2) is 29.4 Å². The van der Waals surface area contributed by atoms with Crippen LogP contribution in [0.5, 0.6) is 0 Å². The third-order valence-electron chi connectivity index (χ3n) is 2.27. The zero-order chi connectivity index (χ0) is 12.6. The van der Waals surface area contributed by atoms with E-state index in [0.29, 0.717) is 11.0 Å². The summed E-state index contributed by atoms with van der Waals surface area (Å²) in [5.74, 6) is -0.613. The maximum Gasteiger partial charge on any atom is 0.237 e. The van der Waals surface area contributed by atoms with Crippen LogP contribution in [-0.4, -0.2) is 30.1 Å². The van der Waals surface area contributed by atoms with Gasteiger partial charge in [0.2, 0.25) is 20.9 Å². The van der Waals surface area contributed by atoms with Crippen molar-refractivity contribution in [2.45, 2.75) is 11.7 Å². The SMILES string of the molecule is CS(=O)(=O)c1nc2ccccc2n1CC(N)=O. The van der Waals surface area contributed by atoms with Gasteiger partial charge >= 0.3 is 0 Å². The van der Waals surface area contributed by atoms with E-state index in [1.807, 2.05) is 0 Å². The number of primary amides is 1. The Kier molecular flexibility index (Phi) is 2.62. The van der Waals surface area contributed by atoms with Gasteiger partial charge in [-0.15, -0.1) is 0 Å². The fourth-order valence-electron chi connectivity index (χ4n) is 1.65. The zero-order valence-electron chi connectivity index (χ0n) is 9.12. The number of carbonyl (C=O) groups is 1. The Bertz CT molecular complexity index is 688. The molecule has 1 heterocycles. The molecule has 0 aliphatic rings. The lowest BCUT2D eigenvalue weighted by Gasteiger charge is -2.04. The van der Waals surface area contributed by atoms with E-state index >= 15 is 0 Å². The maximum absolute atomic E-state index is 11.6. The highest BCUT2D eigenvalue weighted by molar-refractivity contribution is 7.90. The number of fused-ring (bicyclic) bond motifs is 1. The lowest BCUT2D eigenvalue weighted by molar-refractivity contribution is -0.118. The van der Waals surface area contributed by atoms with Gasteiger partial charge in [0.25, 0.3) is 0 Å². The summed E-state index contributed by atoms with van der Waals surface area (Å²) >= 11 is 0. The van der Waals surface area contributed by atoms with Gasteiger partial charge in [0, 0.05) is 6.26 Å². The van der Waals surface area contributed by atoms with Crippen LogP contribution in [0.3, 0.4) is 0 Å². The lowest BCUT2D eigenvalue weighted by Crippen LogP contribution is -2.21. The number of hydrogen-bond donors (Lipinski definition) is 1. The fourth-order valence-corrected chi connectivity index (χ4v) is 2.47. The maximum atomic E-state index is 11.6. The first kappa shape index (κ1) is 11.6. The molecule has 0 radical (unpaired) electrons. The molecule has 0 saturated heterocycles. The average Bonchev–Trinajstić information content (AvgIpc) is 2.56. The van der Waals surface area contributed by atoms with Crippen LogP contribution in [0.4, 0.5) is 0 Å². The minimum atomic E-state index is -3.50. The highest BCUT2D eigenvalue weighted by Crippen LogP contribution is 2.18. The molecule has 2 N–H and O–H groups in total. The van der Waals surface area contributed by atoms with Gasteiger partial charge in [0.05, 0.1) is 11.0 Å². The van der Waals surface area contributed by atoms with Crippen molar-refractivity contribution in [2.75, 3.05) is 6.26 Å². The summed E-state index contributed by atoms with van der Waals surface area (Å²) in [6, 6.07) is 6.87. The van der Waals surface area contributed by atoms with Gasteiger partial charge in [0.1, 0.15) is 6.54 Å². The quantitative estimate of drug-likeness (QED) is 0.828. The number of para-hydroxylation sites is 2. The smallest absolute Gasteiger partial charge is 0.237 e. The van der Waals surface area contributed by atoms with Crippen LogP contribution < -0.4 is 5.73 Å². The summed E-state index contributed by atoms with van der Waals surface area (Å²) in [6.07, 6.45) is 1.05. The second kappa shape index (κ2) is 3.85. The Morgan fingerprint density at radius 3 is 2.65 bits per heavy atom. The van der Waals surface area contributed by atoms with E-state index in [9.17, 15) is 13.2 Å². The molecule has 2 aromatic rings. The highest BCUT2D eigenvalue weighted by atomic mass is 32.2. The van der Waals surface area contributed by atoms with E-state index in [2.05, 4.69) is 4.98 Å². The molecule has 0 atom stereocenters. The number of benzene rings is 1. The highest BCUT2D eigenvalue weighted by Gasteiger charge is 2.19. The number of sulfone groups is 1. The molecule has 0 aliphatic heterocycles. The summed E-state index contributed by atoms with van der Waals surface area (Å²) in [6.45, 7) is -0.205. The van der Waals surface area contributed by atoms with Crippen LogP contribution >= 0.6 is 0 Å². The second-order valence-corrected chi connectivity index (χ2v) is 5.62. The van der Waals surface area contributed by atoms with Crippen LogP contribution in [-0.2, 0) is 21.2 Å². The van der Waals surface area contributed by atoms with E-state index in [0.717, 1.165) is 6.26 Å². The number of imidazole rings is 1. The fraction of sp³-hybridized carbons (Fsp3) is 0.200. The van der Waals surface area contributed by atoms with E-state index in [1.165, 1.54) is 4.57 Å². The van der Waals surface area contributed by atoms with Crippen molar-refractivity contribution in [2.24, 2.45) is 5.73 Å². The molecule has 2 rings (SSSR count). The van der Waals surface area contributed by atoms with E-state index in [1.54, 1.807) is 24.3 Å². The van der Waals surface area contributed by atoms with Crippen LogP contribution in [0.25, 0.3) is 11.0 Å². The van der Waals surface area contributed by atoms with E-state index < -0.39 is 15.7 Å². The van der Waals surface area contributed by atoms with Crippen molar-refractivity contribution < 1.29 is 13.2 Å². The molecule has 0 aliphatic carbocycles. The van der Waals surface area contributed by atoms with Gasteiger partial charge in [-0.1, -0.05) is 12.1 Å². The topological polar surface area (TPSA) is 95.1 Å². The predicted octanol–water partition coefficient (Wildman–Crippen LogP) is -0.0749. The molecule has 0 unspecified atom stereocenters. The van der Waals surface area contributed by atoms with Crippen molar-refractivity contribution in [1.29, 1.82) is 0 Å². The Labute approximate surface area is 98.0 Å². The largest absolute Gasteiger partial charge is 0.368 e. The first-order valence-corrected chi connectivity index (χ1v) is 6.72. The molecular weight excluding hydrogens is 242 g/mol. The third-order valence-corrected chi connectivity index (χ3v) is 3.24. The summed E-state index contributed by atoms with van der Waals surface area (Å²) < 4.78 is 24.5. The molecule has 1 aromatic heterocycles. The van der Waals surface area contributed by atoms with E-state index in [-0.39, 0.29) is 11.7 Å². The monoisotopic (exact) mass is 253 g/mol. The average molecular weight is 253 g/mol. The number of nitrogens with zero attached hydrogens (tertiary/aromatic N) is 2. The molecule has 6 nitrogen and oxygen atoms in total. The number of aromatic nitrogens is 2. The zero-order valence-corrected chi connectivity index (χ0v) is 9.94. The summed E-state index contributed by atoms with van der Waals surface area (Å²) in [5, 5.41) is -0.141. The van der Waals surface area contributed by atoms with Crippen LogP contribution in [0.1, 0.15) is 0 Å². The Balaban J connectivity index is 2.78. The second-order valence-electron chi connectivity index (χ2n) is 3.71. The molecule has 1 amide bonds. The van der Waals surface area contributed by atoms with Crippen molar-refractivity contribution in [1.82, 2.24) is 9.55 Å². The molecular formula is C10H11N3O3S. The van der Waals surface area contributed by atoms with E-state index in [4.69, 9.17) is 5.73 Å². The minimum Gasteiger partial charge on any atom is -0.368 e.